The van der Waals surface area contributed by atoms with Crippen molar-refractivity contribution in [2.45, 2.75) is 32.9 Å². The molecule has 1 N–H and O–H groups in total. The first-order chi connectivity index (χ1) is 8.43. The lowest BCUT2D eigenvalue weighted by atomic mass is 9.97. The standard InChI is InChI=1S/C13H18N4O/c1-9-4-10(2)17-6-11(15-12(17)14-9)5-16-7-13(3,18)8-16/h4,6,18H,5,7-8H2,1-3H3. The SMILES string of the molecule is Cc1cc(C)n2cc(CN3CC(C)(O)C3)nc2n1. The van der Waals surface area contributed by atoms with Gasteiger partial charge in [-0.05, 0) is 26.8 Å². The molecule has 0 aliphatic carbocycles. The van der Waals surface area contributed by atoms with Gasteiger partial charge in [-0.2, -0.15) is 0 Å². The molecule has 2 aromatic heterocycles. The maximum atomic E-state index is 9.70. The number of aliphatic hydroxyl groups is 1. The molecule has 1 saturated heterocycles. The molecular formula is C13H18N4O. The molecule has 18 heavy (non-hydrogen) atoms. The van der Waals surface area contributed by atoms with E-state index in [4.69, 9.17) is 0 Å². The predicted octanol–water partition coefficient (Wildman–Crippen LogP) is 0.913. The third-order valence-corrected chi connectivity index (χ3v) is 3.33. The van der Waals surface area contributed by atoms with Crippen molar-refractivity contribution in [3.8, 4) is 0 Å². The second-order valence-electron chi connectivity index (χ2n) is 5.58. The quantitative estimate of drug-likeness (QED) is 0.856. The number of likely N-dealkylation sites (tertiary alicyclic amines) is 1. The minimum Gasteiger partial charge on any atom is -0.388 e. The summed E-state index contributed by atoms with van der Waals surface area (Å²) in [5, 5.41) is 9.70. The van der Waals surface area contributed by atoms with E-state index < -0.39 is 5.60 Å². The monoisotopic (exact) mass is 246 g/mol. The molecule has 3 heterocycles. The molecule has 1 fully saturated rings. The van der Waals surface area contributed by atoms with Gasteiger partial charge in [-0.1, -0.05) is 0 Å². The van der Waals surface area contributed by atoms with Crippen molar-refractivity contribution in [1.29, 1.82) is 0 Å². The van der Waals surface area contributed by atoms with E-state index in [0.29, 0.717) is 13.1 Å². The van der Waals surface area contributed by atoms with Gasteiger partial charge < -0.3 is 5.11 Å². The fraction of sp³-hybridized carbons (Fsp3) is 0.538. The number of hydrogen-bond acceptors (Lipinski definition) is 4. The zero-order chi connectivity index (χ0) is 12.9. The van der Waals surface area contributed by atoms with E-state index in [1.165, 1.54) is 0 Å². The summed E-state index contributed by atoms with van der Waals surface area (Å²) in [4.78, 5) is 11.1. The van der Waals surface area contributed by atoms with Crippen molar-refractivity contribution in [2.75, 3.05) is 13.1 Å². The van der Waals surface area contributed by atoms with Gasteiger partial charge >= 0.3 is 0 Å². The number of aryl methyl sites for hydroxylation is 2. The van der Waals surface area contributed by atoms with Gasteiger partial charge in [0.05, 0.1) is 11.3 Å². The molecule has 5 heteroatoms. The van der Waals surface area contributed by atoms with Gasteiger partial charge in [-0.15, -0.1) is 0 Å². The van der Waals surface area contributed by atoms with Crippen LogP contribution in [-0.4, -0.2) is 43.1 Å². The number of imidazole rings is 1. The molecule has 0 aromatic carbocycles. The Hall–Kier alpha value is -1.46. The zero-order valence-electron chi connectivity index (χ0n) is 11.0. The number of hydrogen-bond donors (Lipinski definition) is 1. The zero-order valence-corrected chi connectivity index (χ0v) is 11.0. The smallest absolute Gasteiger partial charge is 0.234 e. The molecule has 0 saturated carbocycles. The average Bonchev–Trinajstić information content (AvgIpc) is 2.57. The summed E-state index contributed by atoms with van der Waals surface area (Å²) >= 11 is 0. The van der Waals surface area contributed by atoms with Crippen LogP contribution in [0.3, 0.4) is 0 Å². The van der Waals surface area contributed by atoms with Crippen LogP contribution in [0, 0.1) is 13.8 Å². The van der Waals surface area contributed by atoms with Gasteiger partial charge in [0.15, 0.2) is 0 Å². The Balaban J connectivity index is 1.84. The summed E-state index contributed by atoms with van der Waals surface area (Å²) in [6, 6.07) is 2.05. The molecule has 5 nitrogen and oxygen atoms in total. The van der Waals surface area contributed by atoms with Crippen LogP contribution in [0.4, 0.5) is 0 Å². The van der Waals surface area contributed by atoms with E-state index in [2.05, 4.69) is 21.8 Å². The molecule has 1 aliphatic heterocycles. The molecule has 0 amide bonds. The normalized spacial score (nSPS) is 19.1. The van der Waals surface area contributed by atoms with Crippen LogP contribution in [0.2, 0.25) is 0 Å². The minimum absolute atomic E-state index is 0.524. The van der Waals surface area contributed by atoms with Crippen LogP contribution in [0.15, 0.2) is 12.3 Å². The summed E-state index contributed by atoms with van der Waals surface area (Å²) in [5.41, 5.74) is 2.62. The minimum atomic E-state index is -0.524. The number of rotatable bonds is 2. The molecule has 3 rings (SSSR count). The van der Waals surface area contributed by atoms with Crippen molar-refractivity contribution in [1.82, 2.24) is 19.3 Å². The van der Waals surface area contributed by atoms with Crippen LogP contribution in [-0.2, 0) is 6.54 Å². The van der Waals surface area contributed by atoms with Gasteiger partial charge in [0.1, 0.15) is 0 Å². The topological polar surface area (TPSA) is 53.7 Å². The number of aromatic nitrogens is 3. The Kier molecular flexibility index (Phi) is 2.43. The van der Waals surface area contributed by atoms with Gasteiger partial charge in [0.2, 0.25) is 5.78 Å². The lowest BCUT2D eigenvalue weighted by Gasteiger charge is -2.43. The molecule has 0 atom stereocenters. The first-order valence-corrected chi connectivity index (χ1v) is 6.20. The van der Waals surface area contributed by atoms with E-state index >= 15 is 0 Å². The molecular weight excluding hydrogens is 228 g/mol. The Morgan fingerprint density at radius 3 is 2.72 bits per heavy atom. The summed E-state index contributed by atoms with van der Waals surface area (Å²) in [5.74, 6) is 0.759. The third kappa shape index (κ3) is 2.00. The van der Waals surface area contributed by atoms with Crippen LogP contribution in [0.5, 0.6) is 0 Å². The lowest BCUT2D eigenvalue weighted by molar-refractivity contribution is -0.0875. The highest BCUT2D eigenvalue weighted by molar-refractivity contribution is 5.34. The van der Waals surface area contributed by atoms with Crippen molar-refractivity contribution < 1.29 is 5.11 Å². The van der Waals surface area contributed by atoms with Crippen LogP contribution in [0.25, 0.3) is 5.78 Å². The first kappa shape index (κ1) is 11.6. The van der Waals surface area contributed by atoms with E-state index in [1.807, 2.05) is 30.5 Å². The Labute approximate surface area is 106 Å². The number of β-amino-alcohol motifs (C(OH)–C–C–N with tert-alkyl or cyclic N) is 1. The Bertz CT molecular complexity index is 594. The van der Waals surface area contributed by atoms with E-state index in [-0.39, 0.29) is 0 Å². The summed E-state index contributed by atoms with van der Waals surface area (Å²) in [6.45, 7) is 8.11. The van der Waals surface area contributed by atoms with Gasteiger partial charge in [-0.25, -0.2) is 9.97 Å². The Morgan fingerprint density at radius 2 is 2.06 bits per heavy atom. The highest BCUT2D eigenvalue weighted by atomic mass is 16.3. The average molecular weight is 246 g/mol. The maximum absolute atomic E-state index is 9.70. The number of fused-ring (bicyclic) bond motifs is 1. The van der Waals surface area contributed by atoms with Crippen molar-refractivity contribution in [3.63, 3.8) is 0 Å². The predicted molar refractivity (Wildman–Crippen MR) is 68.4 cm³/mol. The van der Waals surface area contributed by atoms with Gasteiger partial charge in [0, 0.05) is 37.2 Å². The largest absolute Gasteiger partial charge is 0.388 e. The molecule has 96 valence electrons. The summed E-state index contributed by atoms with van der Waals surface area (Å²) < 4.78 is 2.01. The maximum Gasteiger partial charge on any atom is 0.234 e. The lowest BCUT2D eigenvalue weighted by Crippen LogP contribution is -2.59. The fourth-order valence-corrected chi connectivity index (χ4v) is 2.65. The van der Waals surface area contributed by atoms with Crippen molar-refractivity contribution in [2.24, 2.45) is 0 Å². The van der Waals surface area contributed by atoms with Crippen LogP contribution in [0.1, 0.15) is 24.0 Å². The molecule has 0 radical (unpaired) electrons. The van der Waals surface area contributed by atoms with Gasteiger partial charge in [-0.3, -0.25) is 9.30 Å². The van der Waals surface area contributed by atoms with Crippen molar-refractivity contribution in [3.05, 3.63) is 29.3 Å². The van der Waals surface area contributed by atoms with E-state index in [9.17, 15) is 5.11 Å². The molecule has 1 aliphatic rings. The highest BCUT2D eigenvalue weighted by Crippen LogP contribution is 2.22. The van der Waals surface area contributed by atoms with Gasteiger partial charge in [0.25, 0.3) is 0 Å². The fourth-order valence-electron chi connectivity index (χ4n) is 2.65. The van der Waals surface area contributed by atoms with Crippen LogP contribution < -0.4 is 0 Å². The molecule has 2 aromatic rings. The van der Waals surface area contributed by atoms with E-state index in [0.717, 1.165) is 29.4 Å². The highest BCUT2D eigenvalue weighted by Gasteiger charge is 2.36. The third-order valence-electron chi connectivity index (χ3n) is 3.33. The molecule has 0 spiro atoms. The molecule has 0 unspecified atom stereocenters. The summed E-state index contributed by atoms with van der Waals surface area (Å²) in [6.07, 6.45) is 2.03. The number of nitrogens with zero attached hydrogens (tertiary/aromatic N) is 4. The second-order valence-corrected chi connectivity index (χ2v) is 5.58. The van der Waals surface area contributed by atoms with E-state index in [1.54, 1.807) is 0 Å². The summed E-state index contributed by atoms with van der Waals surface area (Å²) in [7, 11) is 0. The van der Waals surface area contributed by atoms with Crippen LogP contribution >= 0.6 is 0 Å². The Morgan fingerprint density at radius 1 is 1.33 bits per heavy atom. The van der Waals surface area contributed by atoms with Crippen molar-refractivity contribution >= 4 is 5.78 Å². The second kappa shape index (κ2) is 3.76. The molecule has 0 bridgehead atoms. The first-order valence-electron chi connectivity index (χ1n) is 6.20.